The number of allylic oxidation sites excluding steroid dienone is 2. The van der Waals surface area contributed by atoms with E-state index in [2.05, 4.69) is 26.8 Å². The van der Waals surface area contributed by atoms with Crippen LogP contribution in [0.5, 0.6) is 11.5 Å². The molecule has 1 aliphatic carbocycles. The molecule has 4 heteroatoms. The summed E-state index contributed by atoms with van der Waals surface area (Å²) in [5.41, 5.74) is 2.94. The van der Waals surface area contributed by atoms with Gasteiger partial charge in [0.25, 0.3) is 0 Å². The van der Waals surface area contributed by atoms with Crippen LogP contribution in [0.15, 0.2) is 23.8 Å². The van der Waals surface area contributed by atoms with Crippen LogP contribution < -0.4 is 0 Å². The van der Waals surface area contributed by atoms with Gasteiger partial charge in [0.1, 0.15) is 11.5 Å². The van der Waals surface area contributed by atoms with Gasteiger partial charge >= 0.3 is 0 Å². The predicted octanol–water partition coefficient (Wildman–Crippen LogP) is 4.21. The van der Waals surface area contributed by atoms with E-state index in [-0.39, 0.29) is 23.3 Å². The van der Waals surface area contributed by atoms with Crippen LogP contribution in [0.4, 0.5) is 0 Å². The lowest BCUT2D eigenvalue weighted by atomic mass is 9.71. The highest BCUT2D eigenvalue weighted by Gasteiger charge is 2.32. The molecule has 142 valence electrons. The first-order chi connectivity index (χ1) is 12.3. The minimum absolute atomic E-state index is 0.0645. The predicted molar refractivity (Wildman–Crippen MR) is 103 cm³/mol. The first-order valence-corrected chi connectivity index (χ1v) is 9.73. The molecule has 2 N–H and O–H groups in total. The smallest absolute Gasteiger partial charge is 0.219 e. The molecule has 1 heterocycles. The molecular formula is C22H31NO3. The highest BCUT2D eigenvalue weighted by molar-refractivity contribution is 5.74. The van der Waals surface area contributed by atoms with Crippen molar-refractivity contribution in [3.05, 3.63) is 34.9 Å². The Labute approximate surface area is 156 Å². The van der Waals surface area contributed by atoms with E-state index >= 15 is 0 Å². The molecule has 1 amide bonds. The molecule has 1 fully saturated rings. The molecule has 1 aromatic rings. The zero-order valence-corrected chi connectivity index (χ0v) is 16.3. The summed E-state index contributed by atoms with van der Waals surface area (Å²) in [5.74, 6) is 1.90. The standard InChI is InChI=1S/C22H31NO3/c1-13(2)18-6-5-14(3)7-19(18)22-20(25)9-16(10-21(22)26)8-17-11-23(12-17)15(4)24/h7,9-10,13,17-19,25-26H,5-6,8,11-12H2,1-4H3. The largest absolute Gasteiger partial charge is 0.507 e. The van der Waals surface area contributed by atoms with E-state index in [9.17, 15) is 15.0 Å². The number of phenols is 2. The number of aromatic hydroxyl groups is 2. The number of likely N-dealkylation sites (tertiary alicyclic amines) is 1. The van der Waals surface area contributed by atoms with Crippen molar-refractivity contribution in [1.82, 2.24) is 4.90 Å². The van der Waals surface area contributed by atoms with Gasteiger partial charge in [0.15, 0.2) is 0 Å². The zero-order valence-electron chi connectivity index (χ0n) is 16.3. The Balaban J connectivity index is 1.81. The number of amides is 1. The average Bonchev–Trinajstić information content (AvgIpc) is 2.49. The maximum Gasteiger partial charge on any atom is 0.219 e. The second-order valence-electron chi connectivity index (χ2n) is 8.53. The lowest BCUT2D eigenvalue weighted by Gasteiger charge is -2.39. The lowest BCUT2D eigenvalue weighted by Crippen LogP contribution is -2.49. The van der Waals surface area contributed by atoms with Gasteiger partial charge in [-0.05, 0) is 61.6 Å². The van der Waals surface area contributed by atoms with E-state index in [1.807, 2.05) is 4.90 Å². The summed E-state index contributed by atoms with van der Waals surface area (Å²) in [6.07, 6.45) is 5.18. The number of rotatable bonds is 4. The van der Waals surface area contributed by atoms with Gasteiger partial charge in [-0.2, -0.15) is 0 Å². The lowest BCUT2D eigenvalue weighted by molar-refractivity contribution is -0.134. The summed E-state index contributed by atoms with van der Waals surface area (Å²) in [5, 5.41) is 21.4. The van der Waals surface area contributed by atoms with Gasteiger partial charge in [0.05, 0.1) is 0 Å². The summed E-state index contributed by atoms with van der Waals surface area (Å²) in [7, 11) is 0. The quantitative estimate of drug-likeness (QED) is 0.793. The number of carbonyl (C=O) groups excluding carboxylic acids is 1. The van der Waals surface area contributed by atoms with Crippen molar-refractivity contribution in [2.45, 2.75) is 52.9 Å². The van der Waals surface area contributed by atoms with Gasteiger partial charge in [-0.3, -0.25) is 4.79 Å². The van der Waals surface area contributed by atoms with Crippen LogP contribution in [0.1, 0.15) is 57.6 Å². The average molecular weight is 357 g/mol. The van der Waals surface area contributed by atoms with Crippen molar-refractivity contribution in [3.8, 4) is 11.5 Å². The molecule has 1 saturated heterocycles. The molecule has 0 bridgehead atoms. The SMILES string of the molecule is CC(=O)N1CC(Cc2cc(O)c(C3C=C(C)CCC3C(C)C)c(O)c2)C1. The molecule has 0 aromatic heterocycles. The molecule has 26 heavy (non-hydrogen) atoms. The third-order valence-electron chi connectivity index (χ3n) is 6.11. The van der Waals surface area contributed by atoms with Crippen LogP contribution in [0.25, 0.3) is 0 Å². The van der Waals surface area contributed by atoms with E-state index in [1.165, 1.54) is 5.57 Å². The minimum Gasteiger partial charge on any atom is -0.507 e. The van der Waals surface area contributed by atoms with E-state index in [4.69, 9.17) is 0 Å². The highest BCUT2D eigenvalue weighted by Crippen LogP contribution is 2.47. The summed E-state index contributed by atoms with van der Waals surface area (Å²) >= 11 is 0. The molecule has 2 unspecified atom stereocenters. The fraction of sp³-hybridized carbons (Fsp3) is 0.591. The Morgan fingerprint density at radius 2 is 1.85 bits per heavy atom. The second-order valence-corrected chi connectivity index (χ2v) is 8.53. The molecule has 2 aliphatic rings. The number of hydrogen-bond acceptors (Lipinski definition) is 3. The topological polar surface area (TPSA) is 60.8 Å². The van der Waals surface area contributed by atoms with Crippen LogP contribution in [0.2, 0.25) is 0 Å². The summed E-state index contributed by atoms with van der Waals surface area (Å²) < 4.78 is 0. The number of benzene rings is 1. The van der Waals surface area contributed by atoms with Crippen molar-refractivity contribution < 1.29 is 15.0 Å². The molecule has 3 rings (SSSR count). The summed E-state index contributed by atoms with van der Waals surface area (Å²) in [6, 6.07) is 3.61. The monoisotopic (exact) mass is 357 g/mol. The first kappa shape index (κ1) is 18.8. The highest BCUT2D eigenvalue weighted by atomic mass is 16.3. The van der Waals surface area contributed by atoms with Crippen LogP contribution in [0.3, 0.4) is 0 Å². The number of carbonyl (C=O) groups is 1. The van der Waals surface area contributed by atoms with Gasteiger partial charge in [0, 0.05) is 31.5 Å². The summed E-state index contributed by atoms with van der Waals surface area (Å²) in [4.78, 5) is 13.1. The number of phenolic OH excluding ortho intramolecular Hbond substituents is 2. The van der Waals surface area contributed by atoms with Crippen LogP contribution >= 0.6 is 0 Å². The molecule has 0 spiro atoms. The molecular weight excluding hydrogens is 326 g/mol. The van der Waals surface area contributed by atoms with Crippen molar-refractivity contribution in [2.24, 2.45) is 17.8 Å². The van der Waals surface area contributed by atoms with Gasteiger partial charge in [-0.25, -0.2) is 0 Å². The second kappa shape index (κ2) is 7.34. The van der Waals surface area contributed by atoms with Crippen molar-refractivity contribution in [1.29, 1.82) is 0 Å². The fourth-order valence-corrected chi connectivity index (χ4v) is 4.56. The van der Waals surface area contributed by atoms with Crippen LogP contribution in [-0.4, -0.2) is 34.1 Å². The zero-order chi connectivity index (χ0) is 19.0. The Bertz CT molecular complexity index is 693. The number of hydrogen-bond donors (Lipinski definition) is 2. The molecule has 0 radical (unpaired) electrons. The van der Waals surface area contributed by atoms with Crippen molar-refractivity contribution in [2.75, 3.05) is 13.1 Å². The van der Waals surface area contributed by atoms with E-state index < -0.39 is 0 Å². The Morgan fingerprint density at radius 1 is 1.23 bits per heavy atom. The normalized spacial score (nSPS) is 23.7. The van der Waals surface area contributed by atoms with Crippen molar-refractivity contribution in [3.63, 3.8) is 0 Å². The first-order valence-electron chi connectivity index (χ1n) is 9.73. The molecule has 1 aromatic carbocycles. The Hall–Kier alpha value is -1.97. The third kappa shape index (κ3) is 3.74. The van der Waals surface area contributed by atoms with Crippen LogP contribution in [-0.2, 0) is 11.2 Å². The van der Waals surface area contributed by atoms with E-state index in [0.29, 0.717) is 23.3 Å². The third-order valence-corrected chi connectivity index (χ3v) is 6.11. The fourth-order valence-electron chi connectivity index (χ4n) is 4.56. The Morgan fingerprint density at radius 3 is 2.38 bits per heavy atom. The minimum atomic E-state index is 0.0645. The van der Waals surface area contributed by atoms with Gasteiger partial charge < -0.3 is 15.1 Å². The van der Waals surface area contributed by atoms with E-state index in [0.717, 1.165) is 37.9 Å². The summed E-state index contributed by atoms with van der Waals surface area (Å²) in [6.45, 7) is 9.67. The molecule has 1 aliphatic heterocycles. The van der Waals surface area contributed by atoms with Gasteiger partial charge in [-0.1, -0.05) is 25.5 Å². The van der Waals surface area contributed by atoms with E-state index in [1.54, 1.807) is 19.1 Å². The number of nitrogens with zero attached hydrogens (tertiary/aromatic N) is 1. The maximum atomic E-state index is 11.3. The molecule has 4 nitrogen and oxygen atoms in total. The Kier molecular flexibility index (Phi) is 5.31. The van der Waals surface area contributed by atoms with Gasteiger partial charge in [-0.15, -0.1) is 0 Å². The maximum absolute atomic E-state index is 11.3. The van der Waals surface area contributed by atoms with Gasteiger partial charge in [0.2, 0.25) is 5.91 Å². The van der Waals surface area contributed by atoms with Crippen molar-refractivity contribution >= 4 is 5.91 Å². The molecule has 2 atom stereocenters. The van der Waals surface area contributed by atoms with Crippen LogP contribution in [0, 0.1) is 17.8 Å². The molecule has 0 saturated carbocycles.